The maximum Gasteiger partial charge on any atom is 0.338 e. The van der Waals surface area contributed by atoms with Gasteiger partial charge in [0.05, 0.1) is 28.2 Å². The summed E-state index contributed by atoms with van der Waals surface area (Å²) in [7, 11) is -1.23. The van der Waals surface area contributed by atoms with Gasteiger partial charge in [-0.15, -0.1) is 0 Å². The van der Waals surface area contributed by atoms with Crippen molar-refractivity contribution in [3.8, 4) is 0 Å². The molecule has 1 unspecified atom stereocenters. The summed E-state index contributed by atoms with van der Waals surface area (Å²) in [6, 6.07) is 21.1. The van der Waals surface area contributed by atoms with Gasteiger partial charge in [-0.3, -0.25) is 4.98 Å². The minimum Gasteiger partial charge on any atom is -0.456 e. The quantitative estimate of drug-likeness (QED) is 0.104. The lowest BCUT2D eigenvalue weighted by molar-refractivity contribution is 0.00696. The average molecular weight is 609 g/mol. The monoisotopic (exact) mass is 607 g/mol. The fourth-order valence-electron chi connectivity index (χ4n) is 4.32. The van der Waals surface area contributed by atoms with Gasteiger partial charge in [0.1, 0.15) is 18.2 Å². The maximum atomic E-state index is 12.8. The summed E-state index contributed by atoms with van der Waals surface area (Å²) in [5.41, 5.74) is 3.68. The molecular formula is C31H38BrN3O3Si. The summed E-state index contributed by atoms with van der Waals surface area (Å²) in [5, 5.41) is 0. The molecule has 2 heterocycles. The van der Waals surface area contributed by atoms with Gasteiger partial charge >= 0.3 is 5.97 Å². The molecule has 0 spiro atoms. The van der Waals surface area contributed by atoms with Crippen LogP contribution in [0.15, 0.2) is 71.3 Å². The lowest BCUT2D eigenvalue weighted by atomic mass is 9.94. The van der Waals surface area contributed by atoms with Gasteiger partial charge in [0.15, 0.2) is 0 Å². The molecule has 1 atom stereocenters. The van der Waals surface area contributed by atoms with E-state index < -0.39 is 13.7 Å². The first-order chi connectivity index (χ1) is 18.4. The van der Waals surface area contributed by atoms with Crippen molar-refractivity contribution >= 4 is 41.0 Å². The lowest BCUT2D eigenvalue weighted by Crippen LogP contribution is -2.23. The standard InChI is InChI=1S/C31H38BrN3O3Si/c1-31(2,3)38-30(36)23-12-15-28-27(19-23)34-29(35(28)21-37-16-17-39(4,5)6)25(18-22-10-8-7-9-11-22)26-14-13-24(32)20-33-26/h7-15,19-20,25H,16-18,21H2,1-6H3. The van der Waals surface area contributed by atoms with Crippen LogP contribution in [0.25, 0.3) is 11.0 Å². The van der Waals surface area contributed by atoms with Crippen molar-refractivity contribution in [2.24, 2.45) is 0 Å². The molecule has 0 aliphatic rings. The highest BCUT2D eigenvalue weighted by molar-refractivity contribution is 9.10. The number of ether oxygens (including phenoxy) is 2. The molecule has 0 fully saturated rings. The van der Waals surface area contributed by atoms with Crippen LogP contribution in [-0.4, -0.2) is 40.8 Å². The molecule has 39 heavy (non-hydrogen) atoms. The number of fused-ring (bicyclic) bond motifs is 1. The summed E-state index contributed by atoms with van der Waals surface area (Å²) in [6.45, 7) is 13.7. The van der Waals surface area contributed by atoms with Crippen LogP contribution in [0.5, 0.6) is 0 Å². The zero-order chi connectivity index (χ0) is 28.2. The summed E-state index contributed by atoms with van der Waals surface area (Å²) in [5.74, 6) is 0.388. The Balaban J connectivity index is 1.79. The first-order valence-corrected chi connectivity index (χ1v) is 17.9. The Morgan fingerprint density at radius 3 is 2.44 bits per heavy atom. The topological polar surface area (TPSA) is 66.2 Å². The van der Waals surface area contributed by atoms with Crippen LogP contribution in [0.2, 0.25) is 25.7 Å². The van der Waals surface area contributed by atoms with E-state index in [1.54, 1.807) is 0 Å². The third-order valence-corrected chi connectivity index (χ3v) is 8.50. The van der Waals surface area contributed by atoms with Crippen molar-refractivity contribution in [3.05, 3.63) is 94.0 Å². The zero-order valence-electron chi connectivity index (χ0n) is 23.7. The van der Waals surface area contributed by atoms with Crippen LogP contribution in [0, 0.1) is 0 Å². The SMILES string of the molecule is CC(C)(C)OC(=O)c1ccc2c(c1)nc(C(Cc1ccccc1)c1ccc(Br)cn1)n2COCC[Si](C)(C)C. The number of pyridine rings is 1. The number of nitrogens with zero attached hydrogens (tertiary/aromatic N) is 3. The van der Waals surface area contributed by atoms with Gasteiger partial charge in [-0.1, -0.05) is 50.0 Å². The smallest absolute Gasteiger partial charge is 0.338 e. The van der Waals surface area contributed by atoms with Crippen molar-refractivity contribution in [2.75, 3.05) is 6.61 Å². The van der Waals surface area contributed by atoms with E-state index in [0.29, 0.717) is 18.9 Å². The molecule has 0 saturated heterocycles. The first-order valence-electron chi connectivity index (χ1n) is 13.4. The molecule has 8 heteroatoms. The number of carbonyl (C=O) groups excluding carboxylic acids is 1. The van der Waals surface area contributed by atoms with Crippen LogP contribution in [0.4, 0.5) is 0 Å². The summed E-state index contributed by atoms with van der Waals surface area (Å²) in [4.78, 5) is 22.7. The number of imidazole rings is 1. The molecular weight excluding hydrogens is 570 g/mol. The zero-order valence-corrected chi connectivity index (χ0v) is 26.3. The molecule has 206 valence electrons. The van der Waals surface area contributed by atoms with E-state index >= 15 is 0 Å². The van der Waals surface area contributed by atoms with Gasteiger partial charge in [0.25, 0.3) is 0 Å². The van der Waals surface area contributed by atoms with Crippen molar-refractivity contribution in [1.29, 1.82) is 0 Å². The summed E-state index contributed by atoms with van der Waals surface area (Å²) in [6.07, 6.45) is 2.55. The minimum atomic E-state index is -1.23. The van der Waals surface area contributed by atoms with E-state index in [1.807, 2.05) is 63.4 Å². The van der Waals surface area contributed by atoms with Gasteiger partial charge in [0.2, 0.25) is 0 Å². The molecule has 0 bridgehead atoms. The van der Waals surface area contributed by atoms with E-state index in [4.69, 9.17) is 19.4 Å². The Labute approximate surface area is 240 Å². The molecule has 0 aliphatic heterocycles. The first kappa shape index (κ1) is 29.2. The molecule has 2 aromatic carbocycles. The third kappa shape index (κ3) is 8.10. The Bertz CT molecular complexity index is 1410. The third-order valence-electron chi connectivity index (χ3n) is 6.33. The number of hydrogen-bond donors (Lipinski definition) is 0. The molecule has 0 N–H and O–H groups in total. The van der Waals surface area contributed by atoms with Crippen LogP contribution in [-0.2, 0) is 22.6 Å². The molecule has 0 radical (unpaired) electrons. The maximum absolute atomic E-state index is 12.8. The Morgan fingerprint density at radius 1 is 1.05 bits per heavy atom. The summed E-state index contributed by atoms with van der Waals surface area (Å²) < 4.78 is 14.9. The number of rotatable bonds is 10. The normalized spacial score (nSPS) is 13.0. The van der Waals surface area contributed by atoms with Gasteiger partial charge < -0.3 is 14.0 Å². The van der Waals surface area contributed by atoms with Gasteiger partial charge in [-0.05, 0) is 85.1 Å². The second-order valence-corrected chi connectivity index (χ2v) is 18.6. The highest BCUT2D eigenvalue weighted by Crippen LogP contribution is 2.31. The van der Waals surface area contributed by atoms with Gasteiger partial charge in [0, 0.05) is 25.4 Å². The van der Waals surface area contributed by atoms with Crippen molar-refractivity contribution in [3.63, 3.8) is 0 Å². The second-order valence-electron chi connectivity index (χ2n) is 12.1. The minimum absolute atomic E-state index is 0.113. The molecule has 0 saturated carbocycles. The number of esters is 1. The Kier molecular flexibility index (Phi) is 9.09. The number of aromatic nitrogens is 3. The fourth-order valence-corrected chi connectivity index (χ4v) is 5.31. The van der Waals surface area contributed by atoms with E-state index in [1.165, 1.54) is 5.56 Å². The number of hydrogen-bond acceptors (Lipinski definition) is 5. The fraction of sp³-hybridized carbons (Fsp3) is 0.387. The molecule has 6 nitrogen and oxygen atoms in total. The van der Waals surface area contributed by atoms with Gasteiger partial charge in [-0.25, -0.2) is 9.78 Å². The Hall–Kier alpha value is -2.81. The molecule has 0 aliphatic carbocycles. The average Bonchev–Trinajstić information content (AvgIpc) is 3.22. The van der Waals surface area contributed by atoms with Crippen LogP contribution >= 0.6 is 15.9 Å². The van der Waals surface area contributed by atoms with E-state index in [9.17, 15) is 4.79 Å². The molecule has 4 rings (SSSR count). The Morgan fingerprint density at radius 2 is 1.79 bits per heavy atom. The van der Waals surface area contributed by atoms with E-state index in [0.717, 1.165) is 39.5 Å². The van der Waals surface area contributed by atoms with Crippen LogP contribution < -0.4 is 0 Å². The van der Waals surface area contributed by atoms with Crippen LogP contribution in [0.3, 0.4) is 0 Å². The van der Waals surface area contributed by atoms with Crippen molar-refractivity contribution < 1.29 is 14.3 Å². The second kappa shape index (κ2) is 12.1. The van der Waals surface area contributed by atoms with Crippen molar-refractivity contribution in [2.45, 2.75) is 71.1 Å². The highest BCUT2D eigenvalue weighted by Gasteiger charge is 2.26. The predicted octanol–water partition coefficient (Wildman–Crippen LogP) is 7.84. The number of benzene rings is 2. The number of halogens is 1. The molecule has 2 aromatic heterocycles. The highest BCUT2D eigenvalue weighted by atomic mass is 79.9. The predicted molar refractivity (Wildman–Crippen MR) is 163 cm³/mol. The molecule has 0 amide bonds. The molecule has 4 aromatic rings. The largest absolute Gasteiger partial charge is 0.456 e. The van der Waals surface area contributed by atoms with Gasteiger partial charge in [-0.2, -0.15) is 0 Å². The number of carbonyl (C=O) groups is 1. The van der Waals surface area contributed by atoms with E-state index in [2.05, 4.69) is 64.4 Å². The summed E-state index contributed by atoms with van der Waals surface area (Å²) >= 11 is 3.52. The lowest BCUT2D eigenvalue weighted by Gasteiger charge is -2.20. The van der Waals surface area contributed by atoms with Crippen LogP contribution in [0.1, 0.15) is 54.1 Å². The van der Waals surface area contributed by atoms with E-state index in [-0.39, 0.29) is 11.9 Å². The van der Waals surface area contributed by atoms with Crippen molar-refractivity contribution in [1.82, 2.24) is 14.5 Å².